The normalized spacial score (nSPS) is 23.9. The maximum atomic E-state index is 3.48. The fourth-order valence-corrected chi connectivity index (χ4v) is 3.92. The van der Waals surface area contributed by atoms with Gasteiger partial charge in [0.15, 0.2) is 0 Å². The molecule has 2 fully saturated rings. The molecule has 0 aromatic heterocycles. The standard InChI is InChI=1S/C17H35N3/c1-4-20(14-16-5-9-18-10-6-16)17-7-11-19(12-8-17)13-15(2)3/h15-18H,4-14H2,1-3H3. The SMILES string of the molecule is CCN(CC1CCNCC1)C1CCN(CC(C)C)CC1. The molecule has 0 spiro atoms. The summed E-state index contributed by atoms with van der Waals surface area (Å²) in [5.74, 6) is 1.74. The quantitative estimate of drug-likeness (QED) is 0.807. The van der Waals surface area contributed by atoms with Gasteiger partial charge >= 0.3 is 0 Å². The predicted octanol–water partition coefficient (Wildman–Crippen LogP) is 2.43. The second-order valence-corrected chi connectivity index (χ2v) is 7.21. The van der Waals surface area contributed by atoms with E-state index in [1.807, 2.05) is 0 Å². The number of hydrogen-bond acceptors (Lipinski definition) is 3. The van der Waals surface area contributed by atoms with E-state index in [1.54, 1.807) is 0 Å². The van der Waals surface area contributed by atoms with E-state index in [0.717, 1.165) is 17.9 Å². The average molecular weight is 281 g/mol. The lowest BCUT2D eigenvalue weighted by Crippen LogP contribution is -2.47. The van der Waals surface area contributed by atoms with Gasteiger partial charge in [0.2, 0.25) is 0 Å². The van der Waals surface area contributed by atoms with E-state index in [-0.39, 0.29) is 0 Å². The largest absolute Gasteiger partial charge is 0.317 e. The Bertz CT molecular complexity index is 253. The number of likely N-dealkylation sites (tertiary alicyclic amines) is 1. The van der Waals surface area contributed by atoms with Crippen LogP contribution in [0.15, 0.2) is 0 Å². The van der Waals surface area contributed by atoms with Crippen molar-refractivity contribution < 1.29 is 0 Å². The maximum Gasteiger partial charge on any atom is 0.0120 e. The Balaban J connectivity index is 1.74. The van der Waals surface area contributed by atoms with Crippen LogP contribution in [-0.4, -0.2) is 61.7 Å². The zero-order valence-corrected chi connectivity index (χ0v) is 13.9. The molecule has 0 saturated carbocycles. The number of piperidine rings is 2. The highest BCUT2D eigenvalue weighted by molar-refractivity contribution is 4.82. The fourth-order valence-electron chi connectivity index (χ4n) is 3.92. The first kappa shape index (κ1) is 16.3. The van der Waals surface area contributed by atoms with Crippen LogP contribution in [0.2, 0.25) is 0 Å². The van der Waals surface area contributed by atoms with Gasteiger partial charge in [0.25, 0.3) is 0 Å². The molecule has 2 heterocycles. The molecule has 0 atom stereocenters. The maximum absolute atomic E-state index is 3.48. The van der Waals surface area contributed by atoms with Crippen LogP contribution in [0.3, 0.4) is 0 Å². The molecular weight excluding hydrogens is 246 g/mol. The van der Waals surface area contributed by atoms with Crippen LogP contribution >= 0.6 is 0 Å². The average Bonchev–Trinajstić information content (AvgIpc) is 2.46. The Hall–Kier alpha value is -0.120. The molecule has 0 bridgehead atoms. The molecule has 1 N–H and O–H groups in total. The van der Waals surface area contributed by atoms with Gasteiger partial charge in [0.05, 0.1) is 0 Å². The van der Waals surface area contributed by atoms with E-state index in [4.69, 9.17) is 0 Å². The molecule has 2 aliphatic rings. The van der Waals surface area contributed by atoms with Gasteiger partial charge in [-0.2, -0.15) is 0 Å². The summed E-state index contributed by atoms with van der Waals surface area (Å²) >= 11 is 0. The van der Waals surface area contributed by atoms with Crippen molar-refractivity contribution in [3.05, 3.63) is 0 Å². The lowest BCUT2D eigenvalue weighted by molar-refractivity contribution is 0.0883. The molecule has 20 heavy (non-hydrogen) atoms. The Morgan fingerprint density at radius 1 is 1.10 bits per heavy atom. The summed E-state index contributed by atoms with van der Waals surface area (Å²) in [7, 11) is 0. The first-order valence-corrected chi connectivity index (χ1v) is 8.86. The summed E-state index contributed by atoms with van der Waals surface area (Å²) in [4.78, 5) is 5.45. The highest BCUT2D eigenvalue weighted by Gasteiger charge is 2.26. The highest BCUT2D eigenvalue weighted by Crippen LogP contribution is 2.21. The molecule has 2 aliphatic heterocycles. The van der Waals surface area contributed by atoms with Crippen LogP contribution < -0.4 is 5.32 Å². The minimum absolute atomic E-state index is 0.809. The van der Waals surface area contributed by atoms with Gasteiger partial charge in [-0.15, -0.1) is 0 Å². The molecule has 2 saturated heterocycles. The molecule has 2 rings (SSSR count). The molecule has 0 radical (unpaired) electrons. The number of hydrogen-bond donors (Lipinski definition) is 1. The van der Waals surface area contributed by atoms with Gasteiger partial charge in [-0.05, 0) is 70.2 Å². The van der Waals surface area contributed by atoms with E-state index < -0.39 is 0 Å². The summed E-state index contributed by atoms with van der Waals surface area (Å²) in [5.41, 5.74) is 0. The zero-order chi connectivity index (χ0) is 14.4. The molecule has 118 valence electrons. The van der Waals surface area contributed by atoms with Crippen LogP contribution in [0.25, 0.3) is 0 Å². The first-order chi connectivity index (χ1) is 9.69. The van der Waals surface area contributed by atoms with Crippen LogP contribution in [0, 0.1) is 11.8 Å². The molecule has 3 nitrogen and oxygen atoms in total. The van der Waals surface area contributed by atoms with E-state index in [9.17, 15) is 0 Å². The molecule has 3 heteroatoms. The van der Waals surface area contributed by atoms with E-state index in [0.29, 0.717) is 0 Å². The Morgan fingerprint density at radius 2 is 1.75 bits per heavy atom. The monoisotopic (exact) mass is 281 g/mol. The van der Waals surface area contributed by atoms with E-state index in [2.05, 4.69) is 35.9 Å². The van der Waals surface area contributed by atoms with Gasteiger partial charge in [-0.1, -0.05) is 20.8 Å². The van der Waals surface area contributed by atoms with Crippen molar-refractivity contribution in [1.82, 2.24) is 15.1 Å². The van der Waals surface area contributed by atoms with Gasteiger partial charge in [0.1, 0.15) is 0 Å². The third-order valence-corrected chi connectivity index (χ3v) is 5.05. The Labute approximate surface area is 126 Å². The number of nitrogens with one attached hydrogen (secondary N) is 1. The Morgan fingerprint density at radius 3 is 2.30 bits per heavy atom. The third-order valence-electron chi connectivity index (χ3n) is 5.05. The van der Waals surface area contributed by atoms with Gasteiger partial charge < -0.3 is 15.1 Å². The lowest BCUT2D eigenvalue weighted by Gasteiger charge is -2.40. The molecular formula is C17H35N3. The Kier molecular flexibility index (Phi) is 6.79. The van der Waals surface area contributed by atoms with Crippen LogP contribution in [0.4, 0.5) is 0 Å². The van der Waals surface area contributed by atoms with Gasteiger partial charge in [0, 0.05) is 19.1 Å². The van der Waals surface area contributed by atoms with Crippen molar-refractivity contribution in [1.29, 1.82) is 0 Å². The molecule has 0 unspecified atom stereocenters. The second-order valence-electron chi connectivity index (χ2n) is 7.21. The summed E-state index contributed by atoms with van der Waals surface area (Å²) < 4.78 is 0. The van der Waals surface area contributed by atoms with Crippen LogP contribution in [-0.2, 0) is 0 Å². The van der Waals surface area contributed by atoms with Crippen molar-refractivity contribution in [2.24, 2.45) is 11.8 Å². The van der Waals surface area contributed by atoms with Crippen molar-refractivity contribution in [2.45, 2.75) is 52.5 Å². The number of nitrogens with zero attached hydrogens (tertiary/aromatic N) is 2. The summed E-state index contributed by atoms with van der Waals surface area (Å²) in [6.07, 6.45) is 5.52. The third kappa shape index (κ3) is 5.01. The topological polar surface area (TPSA) is 18.5 Å². The minimum Gasteiger partial charge on any atom is -0.317 e. The molecule has 0 amide bonds. The number of rotatable bonds is 6. The highest BCUT2D eigenvalue weighted by atomic mass is 15.2. The van der Waals surface area contributed by atoms with Crippen LogP contribution in [0.1, 0.15) is 46.5 Å². The van der Waals surface area contributed by atoms with Crippen LogP contribution in [0.5, 0.6) is 0 Å². The summed E-state index contributed by atoms with van der Waals surface area (Å²) in [6.45, 7) is 16.0. The predicted molar refractivity (Wildman–Crippen MR) is 87.1 cm³/mol. The van der Waals surface area contributed by atoms with Crippen molar-refractivity contribution >= 4 is 0 Å². The van der Waals surface area contributed by atoms with Gasteiger partial charge in [-0.25, -0.2) is 0 Å². The van der Waals surface area contributed by atoms with Gasteiger partial charge in [-0.3, -0.25) is 0 Å². The second kappa shape index (κ2) is 8.35. The lowest BCUT2D eigenvalue weighted by atomic mass is 9.95. The molecule has 0 aromatic carbocycles. The fraction of sp³-hybridized carbons (Fsp3) is 1.00. The van der Waals surface area contributed by atoms with E-state index >= 15 is 0 Å². The minimum atomic E-state index is 0.809. The molecule has 0 aliphatic carbocycles. The van der Waals surface area contributed by atoms with Crippen molar-refractivity contribution in [2.75, 3.05) is 45.8 Å². The van der Waals surface area contributed by atoms with Crippen molar-refractivity contribution in [3.8, 4) is 0 Å². The zero-order valence-electron chi connectivity index (χ0n) is 13.9. The smallest absolute Gasteiger partial charge is 0.0120 e. The van der Waals surface area contributed by atoms with E-state index in [1.165, 1.54) is 71.5 Å². The molecule has 0 aromatic rings. The summed E-state index contributed by atoms with van der Waals surface area (Å²) in [6, 6.07) is 0.846. The summed E-state index contributed by atoms with van der Waals surface area (Å²) in [5, 5.41) is 3.48. The first-order valence-electron chi connectivity index (χ1n) is 8.86. The van der Waals surface area contributed by atoms with Crippen molar-refractivity contribution in [3.63, 3.8) is 0 Å².